The Morgan fingerprint density at radius 3 is 2.50 bits per heavy atom. The predicted octanol–water partition coefficient (Wildman–Crippen LogP) is 0.907. The fourth-order valence-electron chi connectivity index (χ4n) is 0.876. The van der Waals surface area contributed by atoms with E-state index in [1.165, 1.54) is 0 Å². The minimum atomic E-state index is 0.354. The van der Waals surface area contributed by atoms with Crippen molar-refractivity contribution in [1.29, 1.82) is 0 Å². The Balaban J connectivity index is 2.16. The zero-order valence-electron chi connectivity index (χ0n) is 4.86. The summed E-state index contributed by atoms with van der Waals surface area (Å²) in [6.45, 7) is 0. The second kappa shape index (κ2) is 2.67. The molecular weight excluding hydrogens is 126 g/mol. The van der Waals surface area contributed by atoms with Crippen LogP contribution in [0.1, 0.15) is 12.8 Å². The van der Waals surface area contributed by atoms with Crippen molar-refractivity contribution >= 4 is 11.8 Å². The van der Waals surface area contributed by atoms with Crippen LogP contribution in [0.5, 0.6) is 0 Å². The van der Waals surface area contributed by atoms with Gasteiger partial charge in [-0.2, -0.15) is 0 Å². The Hall–Kier alpha value is 0.210. The van der Waals surface area contributed by atoms with E-state index in [1.807, 2.05) is 0 Å². The maximum atomic E-state index is 5.35. The second-order valence-electron chi connectivity index (χ2n) is 2.07. The fraction of sp³-hybridized carbons (Fsp3) is 1.00. The molecule has 0 aliphatic heterocycles. The molecule has 1 fully saturated rings. The molecule has 0 radical (unpaired) electrons. The second-order valence-corrected chi connectivity index (χ2v) is 2.29. The van der Waals surface area contributed by atoms with Gasteiger partial charge in [0.15, 0.2) is 0 Å². The molecule has 1 aliphatic carbocycles. The van der Waals surface area contributed by atoms with Crippen molar-refractivity contribution in [3.63, 3.8) is 0 Å². The minimum Gasteiger partial charge on any atom is -0.380 e. The molecule has 0 aromatic rings. The van der Waals surface area contributed by atoms with Crippen molar-refractivity contribution in [3.8, 4) is 0 Å². The molecule has 8 heavy (non-hydrogen) atoms. The number of hydrogen-bond acceptors (Lipinski definition) is 2. The van der Waals surface area contributed by atoms with E-state index in [1.54, 1.807) is 7.11 Å². The number of nitrogens with one attached hydrogen (secondary N) is 1. The number of ether oxygens (including phenoxy) is 1. The number of halogens is 1. The Morgan fingerprint density at radius 2 is 2.38 bits per heavy atom. The first-order valence-corrected chi connectivity index (χ1v) is 3.15. The molecule has 0 aromatic heterocycles. The molecule has 0 saturated heterocycles. The Labute approximate surface area is 54.3 Å². The van der Waals surface area contributed by atoms with Crippen LogP contribution in [0, 0.1) is 0 Å². The molecule has 0 amide bonds. The average Bonchev–Trinajstić information content (AvgIpc) is 1.66. The van der Waals surface area contributed by atoms with Gasteiger partial charge in [0.2, 0.25) is 0 Å². The van der Waals surface area contributed by atoms with Crippen LogP contribution >= 0.6 is 11.8 Å². The lowest BCUT2D eigenvalue weighted by atomic mass is 9.90. The van der Waals surface area contributed by atoms with Gasteiger partial charge in [-0.3, -0.25) is 0 Å². The summed E-state index contributed by atoms with van der Waals surface area (Å²) in [5, 5.41) is 0. The van der Waals surface area contributed by atoms with E-state index in [0.29, 0.717) is 12.1 Å². The molecule has 1 saturated carbocycles. The van der Waals surface area contributed by atoms with Crippen molar-refractivity contribution in [2.24, 2.45) is 0 Å². The monoisotopic (exact) mass is 135 g/mol. The zero-order chi connectivity index (χ0) is 5.98. The average molecular weight is 136 g/mol. The van der Waals surface area contributed by atoms with Crippen LogP contribution in [0.2, 0.25) is 0 Å². The maximum absolute atomic E-state index is 5.35. The third kappa shape index (κ3) is 0.966. The molecule has 2 atom stereocenters. The molecule has 1 aliphatic rings. The van der Waals surface area contributed by atoms with Gasteiger partial charge in [0.1, 0.15) is 0 Å². The Kier molecular flexibility index (Phi) is 2.11. The van der Waals surface area contributed by atoms with E-state index in [-0.39, 0.29) is 0 Å². The van der Waals surface area contributed by atoms with Gasteiger partial charge in [-0.25, -0.2) is 4.84 Å². The molecule has 48 valence electrons. The summed E-state index contributed by atoms with van der Waals surface area (Å²) in [5.41, 5.74) is 0. The summed E-state index contributed by atoms with van der Waals surface area (Å²) in [5.74, 6) is 0. The zero-order valence-corrected chi connectivity index (χ0v) is 5.61. The predicted molar refractivity (Wildman–Crippen MR) is 32.8 cm³/mol. The summed E-state index contributed by atoms with van der Waals surface area (Å²) in [4.78, 5) is 2.65. The van der Waals surface area contributed by atoms with Gasteiger partial charge in [0.05, 0.1) is 6.10 Å². The van der Waals surface area contributed by atoms with Crippen molar-refractivity contribution < 1.29 is 4.74 Å². The van der Waals surface area contributed by atoms with Gasteiger partial charge < -0.3 is 4.74 Å². The molecule has 0 heterocycles. The molecule has 1 rings (SSSR count). The third-order valence-corrected chi connectivity index (χ3v) is 1.93. The first-order valence-electron chi connectivity index (χ1n) is 2.77. The molecule has 3 heteroatoms. The number of hydrogen-bond donors (Lipinski definition) is 1. The topological polar surface area (TPSA) is 21.3 Å². The van der Waals surface area contributed by atoms with Gasteiger partial charge in [-0.05, 0) is 24.6 Å². The van der Waals surface area contributed by atoms with E-state index < -0.39 is 0 Å². The summed E-state index contributed by atoms with van der Waals surface area (Å²) >= 11 is 5.35. The van der Waals surface area contributed by atoms with E-state index in [2.05, 4.69) is 4.84 Å². The quantitative estimate of drug-likeness (QED) is 0.569. The van der Waals surface area contributed by atoms with Crippen LogP contribution in [-0.4, -0.2) is 19.3 Å². The van der Waals surface area contributed by atoms with Gasteiger partial charge in [0, 0.05) is 13.2 Å². The van der Waals surface area contributed by atoms with Crippen LogP contribution in [0.15, 0.2) is 0 Å². The van der Waals surface area contributed by atoms with E-state index >= 15 is 0 Å². The standard InChI is InChI=1S/C5H10ClNO/c1-8-5-3-2-4(5)7-6/h4-5,7H,2-3H2,1H3/t4-,5-/m1/s1. The smallest absolute Gasteiger partial charge is 0.0737 e. The highest BCUT2D eigenvalue weighted by Crippen LogP contribution is 2.22. The highest BCUT2D eigenvalue weighted by molar-refractivity contribution is 6.13. The van der Waals surface area contributed by atoms with Crippen LogP contribution in [-0.2, 0) is 4.74 Å². The normalized spacial score (nSPS) is 36.8. The SMILES string of the molecule is CO[C@@H]1CC[C@H]1NCl. The van der Waals surface area contributed by atoms with Crippen molar-refractivity contribution in [3.05, 3.63) is 0 Å². The third-order valence-electron chi connectivity index (χ3n) is 1.65. The van der Waals surface area contributed by atoms with Crippen molar-refractivity contribution in [2.75, 3.05) is 7.11 Å². The summed E-state index contributed by atoms with van der Waals surface area (Å²) in [6.07, 6.45) is 2.63. The summed E-state index contributed by atoms with van der Waals surface area (Å²) in [7, 11) is 1.71. The molecule has 0 unspecified atom stereocenters. The van der Waals surface area contributed by atoms with Crippen molar-refractivity contribution in [1.82, 2.24) is 4.84 Å². The van der Waals surface area contributed by atoms with E-state index in [0.717, 1.165) is 12.8 Å². The van der Waals surface area contributed by atoms with E-state index in [4.69, 9.17) is 16.5 Å². The first kappa shape index (κ1) is 6.33. The fourth-order valence-corrected chi connectivity index (χ4v) is 1.13. The van der Waals surface area contributed by atoms with Crippen molar-refractivity contribution in [2.45, 2.75) is 25.0 Å². The number of rotatable bonds is 2. The molecular formula is C5H10ClNO. The van der Waals surface area contributed by atoms with Crippen LogP contribution in [0.4, 0.5) is 0 Å². The largest absolute Gasteiger partial charge is 0.380 e. The van der Waals surface area contributed by atoms with Gasteiger partial charge in [0.25, 0.3) is 0 Å². The maximum Gasteiger partial charge on any atom is 0.0737 e. The van der Waals surface area contributed by atoms with Gasteiger partial charge in [-0.1, -0.05) is 0 Å². The highest BCUT2D eigenvalue weighted by Gasteiger charge is 2.29. The molecule has 0 aromatic carbocycles. The molecule has 0 spiro atoms. The lowest BCUT2D eigenvalue weighted by Gasteiger charge is -2.33. The Bertz CT molecular complexity index is 64.8. The van der Waals surface area contributed by atoms with Crippen LogP contribution < -0.4 is 4.84 Å². The highest BCUT2D eigenvalue weighted by atomic mass is 35.5. The first-order chi connectivity index (χ1) is 3.88. The van der Waals surface area contributed by atoms with Crippen LogP contribution in [0.25, 0.3) is 0 Å². The van der Waals surface area contributed by atoms with Crippen LogP contribution in [0.3, 0.4) is 0 Å². The molecule has 1 N–H and O–H groups in total. The lowest BCUT2D eigenvalue weighted by Crippen LogP contribution is -2.45. The van der Waals surface area contributed by atoms with E-state index in [9.17, 15) is 0 Å². The molecule has 0 bridgehead atoms. The minimum absolute atomic E-state index is 0.354. The Morgan fingerprint density at radius 1 is 1.62 bits per heavy atom. The van der Waals surface area contributed by atoms with Gasteiger partial charge >= 0.3 is 0 Å². The summed E-state index contributed by atoms with van der Waals surface area (Å²) in [6, 6.07) is 0.390. The number of methoxy groups -OCH3 is 1. The lowest BCUT2D eigenvalue weighted by molar-refractivity contribution is 0.0153. The molecule has 2 nitrogen and oxygen atoms in total. The van der Waals surface area contributed by atoms with Gasteiger partial charge in [-0.15, -0.1) is 0 Å². The summed E-state index contributed by atoms with van der Waals surface area (Å²) < 4.78 is 5.04.